The van der Waals surface area contributed by atoms with Gasteiger partial charge in [0.05, 0.1) is 38.9 Å². The van der Waals surface area contributed by atoms with Crippen LogP contribution in [0.1, 0.15) is 63.0 Å². The van der Waals surface area contributed by atoms with E-state index in [9.17, 15) is 9.59 Å². The van der Waals surface area contributed by atoms with Crippen LogP contribution in [0.4, 0.5) is 0 Å². The molecule has 0 unspecified atom stereocenters. The van der Waals surface area contributed by atoms with Gasteiger partial charge in [-0.1, -0.05) is 31.2 Å². The lowest BCUT2D eigenvalue weighted by Crippen LogP contribution is -2.36. The zero-order chi connectivity index (χ0) is 26.5. The lowest BCUT2D eigenvalue weighted by atomic mass is 9.71. The third-order valence-corrected chi connectivity index (χ3v) is 6.89. The number of dihydropyridines is 1. The fourth-order valence-electron chi connectivity index (χ4n) is 5.24. The molecule has 2 aliphatic rings. The standard InChI is InChI=1S/C30H35NO6/c1-6-14-37-30(33)27-18(3)31-22-15-20(19-12-13-25(34-4)26(17-19)35-5)16-23(32)29(22)28(27)21-10-8-9-11-24(21)36-7-2/h8-13,17,20,28,31H,6-7,14-16H2,1-5H3/t20-,28+/m1/s1. The fraction of sp³-hybridized carbons (Fsp3) is 0.400. The summed E-state index contributed by atoms with van der Waals surface area (Å²) in [5.41, 5.74) is 4.38. The number of nitrogens with one attached hydrogen (secondary N) is 1. The summed E-state index contributed by atoms with van der Waals surface area (Å²) in [4.78, 5) is 27.2. The minimum Gasteiger partial charge on any atom is -0.494 e. The second-order valence-electron chi connectivity index (χ2n) is 9.24. The van der Waals surface area contributed by atoms with Crippen molar-refractivity contribution in [3.05, 3.63) is 76.1 Å². The maximum absolute atomic E-state index is 13.9. The predicted octanol–water partition coefficient (Wildman–Crippen LogP) is 5.42. The van der Waals surface area contributed by atoms with Crippen LogP contribution in [0.5, 0.6) is 17.2 Å². The van der Waals surface area contributed by atoms with Crippen molar-refractivity contribution in [3.63, 3.8) is 0 Å². The number of carbonyl (C=O) groups excluding carboxylic acids is 2. The highest BCUT2D eigenvalue weighted by Gasteiger charge is 2.42. The number of Topliss-reactive ketones (excluding diaryl/α,β-unsaturated/α-hetero) is 1. The van der Waals surface area contributed by atoms with Crippen LogP contribution in [-0.4, -0.2) is 39.2 Å². The molecule has 0 aromatic heterocycles. The molecule has 0 amide bonds. The van der Waals surface area contributed by atoms with Crippen molar-refractivity contribution in [1.82, 2.24) is 5.32 Å². The van der Waals surface area contributed by atoms with Crippen LogP contribution >= 0.6 is 0 Å². The van der Waals surface area contributed by atoms with Crippen molar-refractivity contribution >= 4 is 11.8 Å². The Hall–Kier alpha value is -3.74. The Labute approximate surface area is 218 Å². The molecule has 7 nitrogen and oxygen atoms in total. The van der Waals surface area contributed by atoms with Gasteiger partial charge in [0, 0.05) is 29.0 Å². The van der Waals surface area contributed by atoms with Crippen molar-refractivity contribution in [3.8, 4) is 17.2 Å². The van der Waals surface area contributed by atoms with E-state index in [4.69, 9.17) is 18.9 Å². The smallest absolute Gasteiger partial charge is 0.336 e. The third-order valence-electron chi connectivity index (χ3n) is 6.89. The highest BCUT2D eigenvalue weighted by atomic mass is 16.5. The van der Waals surface area contributed by atoms with E-state index in [1.807, 2.05) is 63.2 Å². The molecular weight excluding hydrogens is 470 g/mol. The van der Waals surface area contributed by atoms with Gasteiger partial charge < -0.3 is 24.3 Å². The van der Waals surface area contributed by atoms with E-state index in [0.717, 1.165) is 16.8 Å². The largest absolute Gasteiger partial charge is 0.494 e. The van der Waals surface area contributed by atoms with Crippen LogP contribution in [0.2, 0.25) is 0 Å². The Bertz CT molecular complexity index is 1240. The number of ether oxygens (including phenoxy) is 4. The summed E-state index contributed by atoms with van der Waals surface area (Å²) >= 11 is 0. The molecule has 1 N–H and O–H groups in total. The van der Waals surface area contributed by atoms with Gasteiger partial charge in [-0.05, 0) is 56.4 Å². The van der Waals surface area contributed by atoms with Crippen molar-refractivity contribution < 1.29 is 28.5 Å². The number of esters is 1. The molecule has 196 valence electrons. The fourth-order valence-corrected chi connectivity index (χ4v) is 5.24. The monoisotopic (exact) mass is 505 g/mol. The number of benzene rings is 2. The molecule has 0 spiro atoms. The molecule has 1 heterocycles. The first kappa shape index (κ1) is 26.3. The first-order valence-corrected chi connectivity index (χ1v) is 12.8. The lowest BCUT2D eigenvalue weighted by Gasteiger charge is -2.37. The molecule has 4 rings (SSSR count). The van der Waals surface area contributed by atoms with Gasteiger partial charge in [0.15, 0.2) is 17.3 Å². The van der Waals surface area contributed by atoms with Gasteiger partial charge in [0.1, 0.15) is 5.75 Å². The summed E-state index contributed by atoms with van der Waals surface area (Å²) in [5, 5.41) is 3.40. The summed E-state index contributed by atoms with van der Waals surface area (Å²) in [6.07, 6.45) is 1.66. The van der Waals surface area contributed by atoms with Gasteiger partial charge >= 0.3 is 5.97 Å². The van der Waals surface area contributed by atoms with Crippen molar-refractivity contribution in [2.75, 3.05) is 27.4 Å². The maximum Gasteiger partial charge on any atom is 0.336 e. The van der Waals surface area contributed by atoms with Gasteiger partial charge in [-0.3, -0.25) is 4.79 Å². The Morgan fingerprint density at radius 1 is 1.00 bits per heavy atom. The van der Waals surface area contributed by atoms with Crippen LogP contribution in [0.25, 0.3) is 0 Å². The lowest BCUT2D eigenvalue weighted by molar-refractivity contribution is -0.139. The molecule has 1 aliphatic heterocycles. The van der Waals surface area contributed by atoms with E-state index in [1.165, 1.54) is 0 Å². The number of ketones is 1. The topological polar surface area (TPSA) is 83.1 Å². The van der Waals surface area contributed by atoms with Gasteiger partial charge in [0.25, 0.3) is 0 Å². The van der Waals surface area contributed by atoms with E-state index < -0.39 is 11.9 Å². The first-order chi connectivity index (χ1) is 17.9. The SMILES string of the molecule is CCCOC(=O)C1=C(C)NC2=C(C(=O)C[C@H](c3ccc(OC)c(OC)c3)C2)[C@H]1c1ccccc1OCC. The van der Waals surface area contributed by atoms with Crippen LogP contribution in [0.15, 0.2) is 65.0 Å². The number of rotatable bonds is 9. The average molecular weight is 506 g/mol. The zero-order valence-corrected chi connectivity index (χ0v) is 22.2. The number of carbonyl (C=O) groups is 2. The van der Waals surface area contributed by atoms with Gasteiger partial charge in [-0.15, -0.1) is 0 Å². The molecule has 0 bridgehead atoms. The van der Waals surface area contributed by atoms with Gasteiger partial charge in [-0.2, -0.15) is 0 Å². The van der Waals surface area contributed by atoms with Crippen LogP contribution < -0.4 is 19.5 Å². The summed E-state index contributed by atoms with van der Waals surface area (Å²) in [7, 11) is 3.20. The summed E-state index contributed by atoms with van der Waals surface area (Å²) in [6, 6.07) is 13.4. The summed E-state index contributed by atoms with van der Waals surface area (Å²) < 4.78 is 22.4. The van der Waals surface area contributed by atoms with E-state index in [0.29, 0.717) is 66.6 Å². The molecule has 2 aromatic carbocycles. The third kappa shape index (κ3) is 5.22. The van der Waals surface area contributed by atoms with E-state index >= 15 is 0 Å². The number of methoxy groups -OCH3 is 2. The number of allylic oxidation sites excluding steroid dienone is 3. The second-order valence-corrected chi connectivity index (χ2v) is 9.24. The molecular formula is C30H35NO6. The number of hydrogen-bond acceptors (Lipinski definition) is 7. The zero-order valence-electron chi connectivity index (χ0n) is 22.2. The molecule has 1 aliphatic carbocycles. The summed E-state index contributed by atoms with van der Waals surface area (Å²) in [5.74, 6) is 0.912. The van der Waals surface area contributed by atoms with Crippen LogP contribution in [0, 0.1) is 0 Å². The minimum atomic E-state index is -0.567. The summed E-state index contributed by atoms with van der Waals surface area (Å²) in [6.45, 7) is 6.53. The van der Waals surface area contributed by atoms with Crippen LogP contribution in [-0.2, 0) is 14.3 Å². The van der Waals surface area contributed by atoms with E-state index in [2.05, 4.69) is 5.32 Å². The molecule has 0 radical (unpaired) electrons. The predicted molar refractivity (Wildman–Crippen MR) is 141 cm³/mol. The highest BCUT2D eigenvalue weighted by Crippen LogP contribution is 2.48. The molecule has 2 aromatic rings. The Kier molecular flexibility index (Phi) is 8.21. The molecule has 37 heavy (non-hydrogen) atoms. The number of para-hydroxylation sites is 1. The maximum atomic E-state index is 13.9. The van der Waals surface area contributed by atoms with Gasteiger partial charge in [-0.25, -0.2) is 4.79 Å². The first-order valence-electron chi connectivity index (χ1n) is 12.8. The molecule has 2 atom stereocenters. The van der Waals surface area contributed by atoms with Gasteiger partial charge in [0.2, 0.25) is 0 Å². The highest BCUT2D eigenvalue weighted by molar-refractivity contribution is 6.04. The number of hydrogen-bond donors (Lipinski definition) is 1. The molecule has 7 heteroatoms. The second kappa shape index (κ2) is 11.5. The Morgan fingerprint density at radius 3 is 2.46 bits per heavy atom. The average Bonchev–Trinajstić information content (AvgIpc) is 2.90. The molecule has 0 saturated heterocycles. The quantitative estimate of drug-likeness (QED) is 0.456. The molecule has 0 saturated carbocycles. The van der Waals surface area contributed by atoms with Crippen molar-refractivity contribution in [1.29, 1.82) is 0 Å². The van der Waals surface area contributed by atoms with Crippen molar-refractivity contribution in [2.45, 2.75) is 51.9 Å². The molecule has 0 fully saturated rings. The van der Waals surface area contributed by atoms with E-state index in [1.54, 1.807) is 14.2 Å². The van der Waals surface area contributed by atoms with Crippen LogP contribution in [0.3, 0.4) is 0 Å². The Morgan fingerprint density at radius 2 is 1.76 bits per heavy atom. The Balaban J connectivity index is 1.79. The van der Waals surface area contributed by atoms with Crippen molar-refractivity contribution in [2.24, 2.45) is 0 Å². The normalized spacial score (nSPS) is 19.2. The minimum absolute atomic E-state index is 0.00173. The van der Waals surface area contributed by atoms with E-state index in [-0.39, 0.29) is 11.7 Å².